The minimum Gasteiger partial charge on any atom is -0.354 e. The van der Waals surface area contributed by atoms with Gasteiger partial charge < -0.3 is 9.47 Å². The van der Waals surface area contributed by atoms with Crippen LogP contribution in [0.1, 0.15) is 42.6 Å². The third-order valence-electron chi connectivity index (χ3n) is 5.94. The van der Waals surface area contributed by atoms with Crippen molar-refractivity contribution >= 4 is 11.5 Å². The molecule has 1 aliphatic carbocycles. The fraction of sp³-hybridized carbons (Fsp3) is 0.421. The number of hydrogen-bond acceptors (Lipinski definition) is 2. The maximum atomic E-state index is 4.56. The van der Waals surface area contributed by atoms with E-state index in [4.69, 9.17) is 0 Å². The van der Waals surface area contributed by atoms with Crippen LogP contribution >= 0.6 is 0 Å². The van der Waals surface area contributed by atoms with Gasteiger partial charge in [0, 0.05) is 25.1 Å². The van der Waals surface area contributed by atoms with Crippen molar-refractivity contribution in [3.8, 4) is 0 Å². The Labute approximate surface area is 136 Å². The second kappa shape index (κ2) is 4.40. The molecule has 1 aromatic carbocycles. The van der Waals surface area contributed by atoms with Crippen LogP contribution in [0.15, 0.2) is 36.7 Å². The summed E-state index contributed by atoms with van der Waals surface area (Å²) >= 11 is 0. The van der Waals surface area contributed by atoms with Gasteiger partial charge in [-0.2, -0.15) is 0 Å². The average Bonchev–Trinajstić information content (AvgIpc) is 3.29. The first-order valence-electron chi connectivity index (χ1n) is 8.57. The van der Waals surface area contributed by atoms with Crippen LogP contribution in [-0.4, -0.2) is 14.0 Å². The lowest BCUT2D eigenvalue weighted by Gasteiger charge is -2.38. The molecule has 0 amide bonds. The summed E-state index contributed by atoms with van der Waals surface area (Å²) in [5.41, 5.74) is 5.81. The van der Waals surface area contributed by atoms with Gasteiger partial charge in [-0.1, -0.05) is 31.0 Å². The lowest BCUT2D eigenvalue weighted by atomic mass is 9.92. The predicted molar refractivity (Wildman–Crippen MR) is 91.7 cm³/mol. The smallest absolute Gasteiger partial charge is 0.214 e. The van der Waals surface area contributed by atoms with Crippen LogP contribution in [0.3, 0.4) is 0 Å². The Morgan fingerprint density at radius 2 is 1.91 bits per heavy atom. The van der Waals surface area contributed by atoms with Gasteiger partial charge in [-0.3, -0.25) is 4.40 Å². The molecule has 0 bridgehead atoms. The lowest BCUT2D eigenvalue weighted by Crippen LogP contribution is -2.40. The van der Waals surface area contributed by atoms with E-state index in [9.17, 15) is 0 Å². The van der Waals surface area contributed by atoms with Crippen LogP contribution in [0.2, 0.25) is 0 Å². The van der Waals surface area contributed by atoms with Gasteiger partial charge in [0.1, 0.15) is 0 Å². The maximum Gasteiger partial charge on any atom is 0.214 e. The second-order valence-corrected chi connectivity index (χ2v) is 7.06. The molecule has 1 fully saturated rings. The van der Waals surface area contributed by atoms with E-state index in [0.29, 0.717) is 0 Å². The van der Waals surface area contributed by atoms with Crippen LogP contribution < -0.4 is 4.90 Å². The van der Waals surface area contributed by atoms with Gasteiger partial charge in [0.05, 0.1) is 23.5 Å². The molecular weight excluding hydrogens is 284 g/mol. The monoisotopic (exact) mass is 306 g/mol. The molecule has 0 unspecified atom stereocenters. The minimum absolute atomic E-state index is 0.141. The molecule has 0 saturated heterocycles. The Bertz CT molecular complexity index is 895. The van der Waals surface area contributed by atoms with Crippen molar-refractivity contribution in [1.29, 1.82) is 0 Å². The van der Waals surface area contributed by atoms with E-state index in [-0.39, 0.29) is 5.54 Å². The van der Waals surface area contributed by atoms with Crippen LogP contribution in [0.4, 0.5) is 5.69 Å². The van der Waals surface area contributed by atoms with Crippen molar-refractivity contribution in [2.24, 2.45) is 7.05 Å². The number of nitrogens with zero attached hydrogens (tertiary/aromatic N) is 4. The number of benzene rings is 1. The van der Waals surface area contributed by atoms with E-state index in [1.807, 2.05) is 6.20 Å². The van der Waals surface area contributed by atoms with E-state index in [1.54, 1.807) is 0 Å². The zero-order valence-electron chi connectivity index (χ0n) is 13.8. The van der Waals surface area contributed by atoms with Gasteiger partial charge in [0.25, 0.3) is 0 Å². The zero-order chi connectivity index (χ0) is 15.6. The summed E-state index contributed by atoms with van der Waals surface area (Å²) in [5.74, 6) is 1.07. The Morgan fingerprint density at radius 1 is 1.13 bits per heavy atom. The molecule has 4 nitrogen and oxygen atoms in total. The van der Waals surface area contributed by atoms with Crippen molar-refractivity contribution in [3.05, 3.63) is 53.6 Å². The highest BCUT2D eigenvalue weighted by molar-refractivity contribution is 5.62. The van der Waals surface area contributed by atoms with Gasteiger partial charge in [0.15, 0.2) is 0 Å². The largest absolute Gasteiger partial charge is 0.354 e. The van der Waals surface area contributed by atoms with Gasteiger partial charge in [-0.25, -0.2) is 4.98 Å². The molecule has 23 heavy (non-hydrogen) atoms. The molecule has 1 saturated carbocycles. The molecule has 0 N–H and O–H groups in total. The van der Waals surface area contributed by atoms with Crippen LogP contribution in [0, 0.1) is 6.92 Å². The van der Waals surface area contributed by atoms with Crippen molar-refractivity contribution in [2.45, 2.75) is 44.7 Å². The summed E-state index contributed by atoms with van der Waals surface area (Å²) in [6, 6.07) is 8.82. The summed E-state index contributed by atoms with van der Waals surface area (Å²) < 4.78 is 4.62. The Morgan fingerprint density at radius 3 is 2.70 bits per heavy atom. The number of hydrogen-bond donors (Lipinski definition) is 0. The molecule has 1 aliphatic heterocycles. The fourth-order valence-electron chi connectivity index (χ4n) is 4.89. The molecule has 5 rings (SSSR count). The molecule has 0 atom stereocenters. The first-order chi connectivity index (χ1) is 11.2. The minimum atomic E-state index is 0.141. The summed E-state index contributed by atoms with van der Waals surface area (Å²) in [6.07, 6.45) is 9.17. The predicted octanol–water partition coefficient (Wildman–Crippen LogP) is 3.77. The van der Waals surface area contributed by atoms with E-state index >= 15 is 0 Å². The van der Waals surface area contributed by atoms with Gasteiger partial charge >= 0.3 is 0 Å². The molecule has 2 aromatic heterocycles. The molecular formula is C19H22N4. The van der Waals surface area contributed by atoms with Crippen molar-refractivity contribution in [3.63, 3.8) is 0 Å². The third kappa shape index (κ3) is 1.54. The summed E-state index contributed by atoms with van der Waals surface area (Å²) in [5, 5.41) is 0. The van der Waals surface area contributed by atoms with Gasteiger partial charge in [-0.05, 0) is 31.4 Å². The van der Waals surface area contributed by atoms with E-state index in [0.717, 1.165) is 12.3 Å². The molecule has 3 aromatic rings. The molecule has 3 heterocycles. The summed E-state index contributed by atoms with van der Waals surface area (Å²) in [6.45, 7) is 3.22. The molecule has 118 valence electrons. The van der Waals surface area contributed by atoms with Crippen LogP contribution in [0.25, 0.3) is 5.78 Å². The molecule has 4 heteroatoms. The second-order valence-electron chi connectivity index (χ2n) is 7.06. The van der Waals surface area contributed by atoms with E-state index in [1.165, 1.54) is 48.3 Å². The fourth-order valence-corrected chi connectivity index (χ4v) is 4.89. The highest BCUT2D eigenvalue weighted by atomic mass is 15.3. The van der Waals surface area contributed by atoms with Crippen molar-refractivity contribution in [1.82, 2.24) is 14.0 Å². The SMILES string of the molecule is Cc1ccccc1N1Cc2c(n3ccnc3n2C)C12CCCC2. The topological polar surface area (TPSA) is 25.5 Å². The number of imidazole rings is 2. The number of aryl methyl sites for hydroxylation is 2. The quantitative estimate of drug-likeness (QED) is 0.684. The maximum absolute atomic E-state index is 4.56. The standard InChI is InChI=1S/C19H22N4/c1-14-7-3-4-8-15(14)23-13-16-17(19(23)9-5-6-10-19)22-12-11-20-18(22)21(16)2/h3-4,7-8,11-12H,5-6,9-10,13H2,1-2H3. The summed E-state index contributed by atoms with van der Waals surface area (Å²) in [4.78, 5) is 7.22. The number of para-hydroxylation sites is 1. The summed E-state index contributed by atoms with van der Waals surface area (Å²) in [7, 11) is 2.16. The molecule has 2 aliphatic rings. The Hall–Kier alpha value is -2.23. The normalized spacial score (nSPS) is 19.1. The highest BCUT2D eigenvalue weighted by Crippen LogP contribution is 2.52. The van der Waals surface area contributed by atoms with E-state index < -0.39 is 0 Å². The highest BCUT2D eigenvalue weighted by Gasteiger charge is 2.50. The average molecular weight is 306 g/mol. The van der Waals surface area contributed by atoms with Crippen molar-refractivity contribution < 1.29 is 0 Å². The first kappa shape index (κ1) is 13.2. The van der Waals surface area contributed by atoms with Crippen LogP contribution in [0.5, 0.6) is 0 Å². The Kier molecular flexibility index (Phi) is 2.53. The van der Waals surface area contributed by atoms with Gasteiger partial charge in [-0.15, -0.1) is 0 Å². The first-order valence-corrected chi connectivity index (χ1v) is 8.57. The number of rotatable bonds is 1. The van der Waals surface area contributed by atoms with Crippen molar-refractivity contribution in [2.75, 3.05) is 4.90 Å². The number of anilines is 1. The lowest BCUT2D eigenvalue weighted by molar-refractivity contribution is 0.423. The number of aromatic nitrogens is 3. The zero-order valence-corrected chi connectivity index (χ0v) is 13.8. The van der Waals surface area contributed by atoms with Gasteiger partial charge in [0.2, 0.25) is 5.78 Å². The third-order valence-corrected chi connectivity index (χ3v) is 5.94. The van der Waals surface area contributed by atoms with Crippen LogP contribution in [-0.2, 0) is 19.1 Å². The van der Waals surface area contributed by atoms with E-state index in [2.05, 4.69) is 63.3 Å². The molecule has 0 radical (unpaired) electrons. The molecule has 1 spiro atoms. The Balaban J connectivity index is 1.78. The number of fused-ring (bicyclic) bond motifs is 4.